The molecule has 0 spiro atoms. The average molecular weight is 242 g/mol. The quantitative estimate of drug-likeness (QED) is 0.837. The maximum Gasteiger partial charge on any atom is 0.121 e. The first-order chi connectivity index (χ1) is 8.52. The fourth-order valence-electron chi connectivity index (χ4n) is 2.16. The van der Waals surface area contributed by atoms with Crippen molar-refractivity contribution in [1.29, 1.82) is 0 Å². The molecular formula is C16H18O2. The lowest BCUT2D eigenvalue weighted by atomic mass is 9.98. The Morgan fingerprint density at radius 3 is 2.00 bits per heavy atom. The number of phenolic OH excluding ortho intramolecular Hbond substituents is 2. The lowest BCUT2D eigenvalue weighted by Gasteiger charge is -2.10. The summed E-state index contributed by atoms with van der Waals surface area (Å²) >= 11 is 0. The lowest BCUT2D eigenvalue weighted by Crippen LogP contribution is -1.87. The molecule has 0 saturated carbocycles. The average Bonchev–Trinajstić information content (AvgIpc) is 2.35. The SMILES string of the molecule is CCc1ccc(-c2cc(C)c(O)c(C)c2)cc1O. The molecule has 0 saturated heterocycles. The summed E-state index contributed by atoms with van der Waals surface area (Å²) in [5.74, 6) is 0.673. The highest BCUT2D eigenvalue weighted by molar-refractivity contribution is 5.69. The molecule has 2 rings (SSSR count). The number of hydrogen-bond acceptors (Lipinski definition) is 2. The van der Waals surface area contributed by atoms with Gasteiger partial charge in [0.15, 0.2) is 0 Å². The van der Waals surface area contributed by atoms with Crippen molar-refractivity contribution in [2.45, 2.75) is 27.2 Å². The fraction of sp³-hybridized carbons (Fsp3) is 0.250. The molecule has 18 heavy (non-hydrogen) atoms. The molecule has 2 aromatic carbocycles. The van der Waals surface area contributed by atoms with Crippen LogP contribution in [0.2, 0.25) is 0 Å². The van der Waals surface area contributed by atoms with Crippen molar-refractivity contribution in [3.8, 4) is 22.6 Å². The van der Waals surface area contributed by atoms with Gasteiger partial charge in [-0.15, -0.1) is 0 Å². The Kier molecular flexibility index (Phi) is 3.28. The molecule has 0 bridgehead atoms. The molecule has 94 valence electrons. The summed E-state index contributed by atoms with van der Waals surface area (Å²) in [6.45, 7) is 5.78. The van der Waals surface area contributed by atoms with Crippen LogP contribution in [-0.2, 0) is 6.42 Å². The number of aryl methyl sites for hydroxylation is 3. The van der Waals surface area contributed by atoms with Gasteiger partial charge in [0.25, 0.3) is 0 Å². The smallest absolute Gasteiger partial charge is 0.121 e. The summed E-state index contributed by atoms with van der Waals surface area (Å²) in [6.07, 6.45) is 0.819. The lowest BCUT2D eigenvalue weighted by molar-refractivity contribution is 0.467. The summed E-state index contributed by atoms with van der Waals surface area (Å²) in [5, 5.41) is 19.7. The van der Waals surface area contributed by atoms with Gasteiger partial charge in [-0.25, -0.2) is 0 Å². The third-order valence-corrected chi connectivity index (χ3v) is 3.29. The van der Waals surface area contributed by atoms with Gasteiger partial charge in [-0.1, -0.05) is 19.1 Å². The predicted octanol–water partition coefficient (Wildman–Crippen LogP) is 3.94. The Bertz CT molecular complexity index is 563. The van der Waals surface area contributed by atoms with E-state index in [0.29, 0.717) is 11.5 Å². The number of rotatable bonds is 2. The number of hydrogen-bond donors (Lipinski definition) is 2. The molecule has 0 amide bonds. The van der Waals surface area contributed by atoms with E-state index < -0.39 is 0 Å². The van der Waals surface area contributed by atoms with Crippen LogP contribution in [0, 0.1) is 13.8 Å². The van der Waals surface area contributed by atoms with E-state index in [1.807, 2.05) is 45.0 Å². The van der Waals surface area contributed by atoms with E-state index in [4.69, 9.17) is 0 Å². The van der Waals surface area contributed by atoms with Crippen LogP contribution >= 0.6 is 0 Å². The van der Waals surface area contributed by atoms with E-state index in [1.54, 1.807) is 6.07 Å². The van der Waals surface area contributed by atoms with Gasteiger partial charge >= 0.3 is 0 Å². The first kappa shape index (κ1) is 12.5. The van der Waals surface area contributed by atoms with E-state index in [2.05, 4.69) is 0 Å². The van der Waals surface area contributed by atoms with Crippen LogP contribution in [0.4, 0.5) is 0 Å². The zero-order chi connectivity index (χ0) is 13.3. The first-order valence-electron chi connectivity index (χ1n) is 6.15. The zero-order valence-electron chi connectivity index (χ0n) is 11.0. The molecule has 2 aromatic rings. The molecule has 0 aliphatic heterocycles. The molecule has 0 aliphatic carbocycles. The van der Waals surface area contributed by atoms with Crippen molar-refractivity contribution in [1.82, 2.24) is 0 Å². The van der Waals surface area contributed by atoms with Gasteiger partial charge in [0.2, 0.25) is 0 Å². The highest BCUT2D eigenvalue weighted by Crippen LogP contribution is 2.31. The Hall–Kier alpha value is -1.96. The van der Waals surface area contributed by atoms with Gasteiger partial charge < -0.3 is 10.2 Å². The summed E-state index contributed by atoms with van der Waals surface area (Å²) < 4.78 is 0. The van der Waals surface area contributed by atoms with Gasteiger partial charge in [-0.05, 0) is 66.3 Å². The van der Waals surface area contributed by atoms with E-state index in [9.17, 15) is 10.2 Å². The molecule has 0 aliphatic rings. The van der Waals surface area contributed by atoms with Gasteiger partial charge in [0.1, 0.15) is 11.5 Å². The molecule has 0 aromatic heterocycles. The van der Waals surface area contributed by atoms with Crippen molar-refractivity contribution in [2.75, 3.05) is 0 Å². The third kappa shape index (κ3) is 2.19. The minimum Gasteiger partial charge on any atom is -0.508 e. The normalized spacial score (nSPS) is 10.6. The summed E-state index contributed by atoms with van der Waals surface area (Å²) in [7, 11) is 0. The second kappa shape index (κ2) is 4.73. The van der Waals surface area contributed by atoms with E-state index in [-0.39, 0.29) is 0 Å². The molecule has 0 fully saturated rings. The van der Waals surface area contributed by atoms with Crippen LogP contribution in [0.1, 0.15) is 23.6 Å². The summed E-state index contributed by atoms with van der Waals surface area (Å²) in [5.41, 5.74) is 4.63. The van der Waals surface area contributed by atoms with Crippen LogP contribution in [0.15, 0.2) is 30.3 Å². The standard InChI is InChI=1S/C16H18O2/c1-4-12-5-6-13(9-15(12)17)14-7-10(2)16(18)11(3)8-14/h5-9,17-18H,4H2,1-3H3. The molecule has 2 nitrogen and oxygen atoms in total. The Balaban J connectivity index is 2.52. The molecule has 0 heterocycles. The molecule has 0 radical (unpaired) electrons. The summed E-state index contributed by atoms with van der Waals surface area (Å²) in [6, 6.07) is 9.60. The van der Waals surface area contributed by atoms with Crippen molar-refractivity contribution < 1.29 is 10.2 Å². The molecule has 2 N–H and O–H groups in total. The van der Waals surface area contributed by atoms with E-state index in [1.165, 1.54) is 0 Å². The largest absolute Gasteiger partial charge is 0.508 e. The van der Waals surface area contributed by atoms with Crippen molar-refractivity contribution in [3.63, 3.8) is 0 Å². The van der Waals surface area contributed by atoms with Crippen LogP contribution < -0.4 is 0 Å². The van der Waals surface area contributed by atoms with Gasteiger partial charge in [0.05, 0.1) is 0 Å². The highest BCUT2D eigenvalue weighted by Gasteiger charge is 2.07. The van der Waals surface area contributed by atoms with Crippen LogP contribution in [0.25, 0.3) is 11.1 Å². The zero-order valence-corrected chi connectivity index (χ0v) is 11.0. The minimum atomic E-state index is 0.332. The van der Waals surface area contributed by atoms with Gasteiger partial charge in [-0.3, -0.25) is 0 Å². The van der Waals surface area contributed by atoms with Crippen molar-refractivity contribution in [2.24, 2.45) is 0 Å². The van der Waals surface area contributed by atoms with Crippen LogP contribution in [0.3, 0.4) is 0 Å². The number of aromatic hydroxyl groups is 2. The Morgan fingerprint density at radius 2 is 1.50 bits per heavy atom. The molecule has 0 unspecified atom stereocenters. The maximum absolute atomic E-state index is 9.90. The van der Waals surface area contributed by atoms with E-state index >= 15 is 0 Å². The summed E-state index contributed by atoms with van der Waals surface area (Å²) in [4.78, 5) is 0. The van der Waals surface area contributed by atoms with Gasteiger partial charge in [-0.2, -0.15) is 0 Å². The third-order valence-electron chi connectivity index (χ3n) is 3.29. The topological polar surface area (TPSA) is 40.5 Å². The molecular weight excluding hydrogens is 224 g/mol. The second-order valence-corrected chi connectivity index (χ2v) is 4.66. The predicted molar refractivity (Wildman–Crippen MR) is 74.1 cm³/mol. The van der Waals surface area contributed by atoms with Crippen LogP contribution in [0.5, 0.6) is 11.5 Å². The minimum absolute atomic E-state index is 0.332. The number of benzene rings is 2. The highest BCUT2D eigenvalue weighted by atomic mass is 16.3. The molecule has 2 heteroatoms. The van der Waals surface area contributed by atoms with Crippen LogP contribution in [-0.4, -0.2) is 10.2 Å². The van der Waals surface area contributed by atoms with Gasteiger partial charge in [0, 0.05) is 0 Å². The second-order valence-electron chi connectivity index (χ2n) is 4.66. The monoisotopic (exact) mass is 242 g/mol. The van der Waals surface area contributed by atoms with Crippen molar-refractivity contribution >= 4 is 0 Å². The fourth-order valence-corrected chi connectivity index (χ4v) is 2.16. The Labute approximate surface area is 108 Å². The number of phenols is 2. The molecule has 0 atom stereocenters. The van der Waals surface area contributed by atoms with E-state index in [0.717, 1.165) is 34.2 Å². The maximum atomic E-state index is 9.90. The first-order valence-corrected chi connectivity index (χ1v) is 6.15. The Morgan fingerprint density at radius 1 is 0.889 bits per heavy atom. The van der Waals surface area contributed by atoms with Crippen molar-refractivity contribution in [3.05, 3.63) is 47.0 Å².